The van der Waals surface area contributed by atoms with E-state index in [1.54, 1.807) is 0 Å². The monoisotopic (exact) mass is 423 g/mol. The Morgan fingerprint density at radius 1 is 1.06 bits per heavy atom. The predicted molar refractivity (Wildman–Crippen MR) is 117 cm³/mol. The SMILES string of the molecule is CN(C(=O)OCC1c2ccccc2-c2ccccc21)[C@H](CCC1CCOCC1)C(=O)O. The van der Waals surface area contributed by atoms with Crippen LogP contribution in [0.5, 0.6) is 0 Å². The van der Waals surface area contributed by atoms with Crippen molar-refractivity contribution in [2.45, 2.75) is 37.6 Å². The number of carbonyl (C=O) groups is 2. The first-order valence-corrected chi connectivity index (χ1v) is 10.9. The molecule has 2 aromatic rings. The quantitative estimate of drug-likeness (QED) is 0.708. The fraction of sp³-hybridized carbons (Fsp3) is 0.440. The second-order valence-corrected chi connectivity index (χ2v) is 8.40. The number of rotatable bonds is 7. The van der Waals surface area contributed by atoms with Gasteiger partial charge in [-0.1, -0.05) is 48.5 Å². The summed E-state index contributed by atoms with van der Waals surface area (Å²) >= 11 is 0. The second kappa shape index (κ2) is 9.52. The van der Waals surface area contributed by atoms with Crippen molar-refractivity contribution in [3.63, 3.8) is 0 Å². The Labute approximate surface area is 182 Å². The van der Waals surface area contributed by atoms with Gasteiger partial charge in [-0.15, -0.1) is 0 Å². The summed E-state index contributed by atoms with van der Waals surface area (Å²) in [5.41, 5.74) is 4.58. The molecular formula is C25H29NO5. The number of likely N-dealkylation sites (N-methyl/N-ethyl adjacent to an activating group) is 1. The maximum Gasteiger partial charge on any atom is 0.410 e. The van der Waals surface area contributed by atoms with Crippen molar-refractivity contribution in [2.24, 2.45) is 5.92 Å². The molecule has 1 aliphatic heterocycles. The van der Waals surface area contributed by atoms with E-state index in [0.29, 0.717) is 12.3 Å². The first kappa shape index (κ1) is 21.4. The van der Waals surface area contributed by atoms with Gasteiger partial charge < -0.3 is 14.6 Å². The van der Waals surface area contributed by atoms with Gasteiger partial charge in [0.05, 0.1) is 0 Å². The molecule has 0 radical (unpaired) electrons. The maximum atomic E-state index is 12.7. The number of carboxylic acid groups (broad SMARTS) is 1. The highest BCUT2D eigenvalue weighted by Gasteiger charge is 2.32. The van der Waals surface area contributed by atoms with Crippen molar-refractivity contribution in [3.8, 4) is 11.1 Å². The van der Waals surface area contributed by atoms with E-state index in [2.05, 4.69) is 24.3 Å². The maximum absolute atomic E-state index is 12.7. The Morgan fingerprint density at radius 3 is 2.23 bits per heavy atom. The Morgan fingerprint density at radius 2 is 1.65 bits per heavy atom. The molecule has 6 nitrogen and oxygen atoms in total. The highest BCUT2D eigenvalue weighted by Crippen LogP contribution is 2.44. The molecule has 2 aliphatic rings. The van der Waals surface area contributed by atoms with Gasteiger partial charge in [0.15, 0.2) is 0 Å². The van der Waals surface area contributed by atoms with Crippen LogP contribution in [-0.2, 0) is 14.3 Å². The van der Waals surface area contributed by atoms with Gasteiger partial charge >= 0.3 is 12.1 Å². The van der Waals surface area contributed by atoms with Crippen molar-refractivity contribution in [3.05, 3.63) is 59.7 Å². The minimum Gasteiger partial charge on any atom is -0.480 e. The second-order valence-electron chi connectivity index (χ2n) is 8.40. The fourth-order valence-corrected chi connectivity index (χ4v) is 4.73. The molecule has 0 spiro atoms. The summed E-state index contributed by atoms with van der Waals surface area (Å²) < 4.78 is 11.0. The highest BCUT2D eigenvalue weighted by molar-refractivity contribution is 5.81. The number of ether oxygens (including phenoxy) is 2. The molecule has 1 fully saturated rings. The van der Waals surface area contributed by atoms with Crippen LogP contribution >= 0.6 is 0 Å². The zero-order valence-corrected chi connectivity index (χ0v) is 17.8. The summed E-state index contributed by atoms with van der Waals surface area (Å²) in [5, 5.41) is 9.69. The van der Waals surface area contributed by atoms with Gasteiger partial charge in [0.2, 0.25) is 0 Å². The molecule has 1 saturated heterocycles. The standard InChI is InChI=1S/C25H29NO5/c1-26(23(24(27)28)11-10-17-12-14-30-15-13-17)25(29)31-16-22-20-8-4-2-6-18(20)19-7-3-5-9-21(19)22/h2-9,17,22-23H,10-16H2,1H3,(H,27,28)/t23-/m1/s1. The van der Waals surface area contributed by atoms with Crippen LogP contribution < -0.4 is 0 Å². The molecule has 31 heavy (non-hydrogen) atoms. The minimum atomic E-state index is -0.997. The average Bonchev–Trinajstić information content (AvgIpc) is 3.11. The van der Waals surface area contributed by atoms with E-state index in [1.807, 2.05) is 24.3 Å². The normalized spacial score (nSPS) is 16.9. The molecule has 4 rings (SSSR count). The lowest BCUT2D eigenvalue weighted by atomic mass is 9.92. The summed E-state index contributed by atoms with van der Waals surface area (Å²) in [6.45, 7) is 1.64. The van der Waals surface area contributed by atoms with Crippen LogP contribution in [0.3, 0.4) is 0 Å². The minimum absolute atomic E-state index is 0.0460. The number of hydrogen-bond acceptors (Lipinski definition) is 4. The van der Waals surface area contributed by atoms with Crippen LogP contribution in [0.4, 0.5) is 4.79 Å². The first-order valence-electron chi connectivity index (χ1n) is 10.9. The number of carboxylic acids is 1. The Kier molecular flexibility index (Phi) is 6.56. The summed E-state index contributed by atoms with van der Waals surface area (Å²) in [4.78, 5) is 25.8. The molecule has 0 saturated carbocycles. The Balaban J connectivity index is 1.39. The molecule has 1 aliphatic carbocycles. The van der Waals surface area contributed by atoms with Crippen LogP contribution in [0.2, 0.25) is 0 Å². The van der Waals surface area contributed by atoms with E-state index in [1.165, 1.54) is 11.9 Å². The molecule has 0 aromatic heterocycles. The third-order valence-corrected chi connectivity index (χ3v) is 6.57. The number of carbonyl (C=O) groups excluding carboxylic acids is 1. The molecule has 1 amide bonds. The molecule has 0 bridgehead atoms. The van der Waals surface area contributed by atoms with Gasteiger partial charge in [-0.2, -0.15) is 0 Å². The number of fused-ring (bicyclic) bond motifs is 3. The number of benzene rings is 2. The molecule has 6 heteroatoms. The van der Waals surface area contributed by atoms with Gasteiger partial charge in [-0.25, -0.2) is 9.59 Å². The zero-order chi connectivity index (χ0) is 21.8. The lowest BCUT2D eigenvalue weighted by molar-refractivity contribution is -0.142. The lowest BCUT2D eigenvalue weighted by Crippen LogP contribution is -2.43. The highest BCUT2D eigenvalue weighted by atomic mass is 16.6. The zero-order valence-electron chi connectivity index (χ0n) is 17.8. The van der Waals surface area contributed by atoms with E-state index in [4.69, 9.17) is 9.47 Å². The van der Waals surface area contributed by atoms with Gasteiger partial charge in [-0.3, -0.25) is 4.90 Å². The van der Waals surface area contributed by atoms with E-state index in [0.717, 1.165) is 54.7 Å². The van der Waals surface area contributed by atoms with E-state index in [9.17, 15) is 14.7 Å². The van der Waals surface area contributed by atoms with Crippen LogP contribution in [0.15, 0.2) is 48.5 Å². The molecule has 1 atom stereocenters. The lowest BCUT2D eigenvalue weighted by Gasteiger charge is -2.28. The molecule has 2 aromatic carbocycles. The van der Waals surface area contributed by atoms with Crippen molar-refractivity contribution in [1.82, 2.24) is 4.90 Å². The molecule has 164 valence electrons. The largest absolute Gasteiger partial charge is 0.480 e. The molecule has 1 heterocycles. The summed E-state index contributed by atoms with van der Waals surface area (Å²) in [7, 11) is 1.52. The summed E-state index contributed by atoms with van der Waals surface area (Å²) in [6.07, 6.45) is 2.48. The van der Waals surface area contributed by atoms with Crippen LogP contribution in [0.1, 0.15) is 42.7 Å². The smallest absolute Gasteiger partial charge is 0.410 e. The third-order valence-electron chi connectivity index (χ3n) is 6.57. The van der Waals surface area contributed by atoms with Crippen molar-refractivity contribution in [2.75, 3.05) is 26.9 Å². The van der Waals surface area contributed by atoms with Gasteiger partial charge in [-0.05, 0) is 53.9 Å². The molecule has 1 N–H and O–H groups in total. The average molecular weight is 424 g/mol. The van der Waals surface area contributed by atoms with Crippen LogP contribution in [0.25, 0.3) is 11.1 Å². The Bertz CT molecular complexity index is 892. The van der Waals surface area contributed by atoms with Crippen molar-refractivity contribution in [1.29, 1.82) is 0 Å². The van der Waals surface area contributed by atoms with Crippen LogP contribution in [0, 0.1) is 5.92 Å². The van der Waals surface area contributed by atoms with Crippen molar-refractivity contribution < 1.29 is 24.2 Å². The topological polar surface area (TPSA) is 76.1 Å². The van der Waals surface area contributed by atoms with Gasteiger partial charge in [0.1, 0.15) is 12.6 Å². The molecular weight excluding hydrogens is 394 g/mol. The summed E-state index contributed by atoms with van der Waals surface area (Å²) in [6, 6.07) is 15.4. The third kappa shape index (κ3) is 4.59. The summed E-state index contributed by atoms with van der Waals surface area (Å²) in [5.74, 6) is -0.593. The number of nitrogens with zero attached hydrogens (tertiary/aromatic N) is 1. The number of amides is 1. The van der Waals surface area contributed by atoms with Crippen molar-refractivity contribution >= 4 is 12.1 Å². The van der Waals surface area contributed by atoms with Gasteiger partial charge in [0, 0.05) is 26.2 Å². The van der Waals surface area contributed by atoms with Crippen LogP contribution in [-0.4, -0.2) is 55.0 Å². The number of aliphatic carboxylic acids is 1. The molecule has 0 unspecified atom stereocenters. The first-order chi connectivity index (χ1) is 15.1. The Hall–Kier alpha value is -2.86. The van der Waals surface area contributed by atoms with E-state index in [-0.39, 0.29) is 12.5 Å². The van der Waals surface area contributed by atoms with Gasteiger partial charge in [0.25, 0.3) is 0 Å². The fourth-order valence-electron chi connectivity index (χ4n) is 4.73. The van der Waals surface area contributed by atoms with E-state index < -0.39 is 18.1 Å². The van der Waals surface area contributed by atoms with E-state index >= 15 is 0 Å². The predicted octanol–water partition coefficient (Wildman–Crippen LogP) is 4.53. The number of hydrogen-bond donors (Lipinski definition) is 1.